The van der Waals surface area contributed by atoms with Gasteiger partial charge in [0, 0.05) is 5.92 Å². The van der Waals surface area contributed by atoms with Crippen LogP contribution in [0.15, 0.2) is 0 Å². The van der Waals surface area contributed by atoms with Crippen molar-refractivity contribution in [3.63, 3.8) is 0 Å². The van der Waals surface area contributed by atoms with Crippen molar-refractivity contribution in [3.8, 4) is 0 Å². The van der Waals surface area contributed by atoms with Crippen LogP contribution in [-0.2, 0) is 11.3 Å². The summed E-state index contributed by atoms with van der Waals surface area (Å²) in [6, 6.07) is 0. The second-order valence-electron chi connectivity index (χ2n) is 5.44. The van der Waals surface area contributed by atoms with E-state index in [2.05, 4.69) is 34.5 Å². The van der Waals surface area contributed by atoms with Crippen LogP contribution in [0.3, 0.4) is 0 Å². The Labute approximate surface area is 143 Å². The average molecular weight is 352 g/mol. The molecule has 1 N–H and O–H groups in total. The molecule has 0 saturated carbocycles. The van der Waals surface area contributed by atoms with Gasteiger partial charge in [0.05, 0.1) is 4.92 Å². The van der Waals surface area contributed by atoms with Crippen molar-refractivity contribution >= 4 is 28.1 Å². The zero-order chi connectivity index (χ0) is 17.9. The summed E-state index contributed by atoms with van der Waals surface area (Å²) in [6.07, 6.45) is 1.93. The molecular weight excluding hydrogens is 332 g/mol. The molecule has 2 aromatic heterocycles. The highest BCUT2D eigenvalue weighted by molar-refractivity contribution is 7.15. The van der Waals surface area contributed by atoms with Crippen molar-refractivity contribution in [2.24, 2.45) is 0 Å². The highest BCUT2D eigenvalue weighted by atomic mass is 32.1. The first-order valence-corrected chi connectivity index (χ1v) is 8.50. The van der Waals surface area contributed by atoms with E-state index in [1.54, 1.807) is 13.8 Å². The van der Waals surface area contributed by atoms with E-state index in [0.29, 0.717) is 16.7 Å². The van der Waals surface area contributed by atoms with Gasteiger partial charge in [-0.2, -0.15) is 5.10 Å². The molecule has 24 heavy (non-hydrogen) atoms. The SMILES string of the molecule is CCC(CC)c1nnc(NC(=O)Cn2nc(C)c([N+](=O)[O-])c2C)s1. The minimum atomic E-state index is -0.487. The van der Waals surface area contributed by atoms with Gasteiger partial charge in [-0.25, -0.2) is 0 Å². The van der Waals surface area contributed by atoms with Crippen molar-refractivity contribution < 1.29 is 9.72 Å². The third-order valence-corrected chi connectivity index (χ3v) is 4.84. The van der Waals surface area contributed by atoms with E-state index >= 15 is 0 Å². The first-order chi connectivity index (χ1) is 11.4. The molecule has 0 radical (unpaired) electrons. The van der Waals surface area contributed by atoms with Crippen LogP contribution < -0.4 is 5.32 Å². The highest BCUT2D eigenvalue weighted by Gasteiger charge is 2.23. The minimum absolute atomic E-state index is 0.0604. The van der Waals surface area contributed by atoms with Gasteiger partial charge in [-0.1, -0.05) is 25.2 Å². The van der Waals surface area contributed by atoms with Crippen molar-refractivity contribution in [1.29, 1.82) is 0 Å². The summed E-state index contributed by atoms with van der Waals surface area (Å²) >= 11 is 1.35. The maximum absolute atomic E-state index is 12.1. The Bertz CT molecular complexity index is 750. The van der Waals surface area contributed by atoms with Gasteiger partial charge in [0.15, 0.2) is 0 Å². The van der Waals surface area contributed by atoms with E-state index < -0.39 is 4.92 Å². The number of carbonyl (C=O) groups excluding carboxylic acids is 1. The molecule has 0 aliphatic heterocycles. The van der Waals surface area contributed by atoms with Gasteiger partial charge >= 0.3 is 5.69 Å². The predicted octanol–water partition coefficient (Wildman–Crippen LogP) is 2.80. The Morgan fingerprint density at radius 3 is 2.54 bits per heavy atom. The number of aryl methyl sites for hydroxylation is 1. The molecule has 2 aromatic rings. The molecule has 9 nitrogen and oxygen atoms in total. The molecule has 0 aliphatic rings. The number of hydrogen-bond acceptors (Lipinski definition) is 7. The number of aromatic nitrogens is 4. The lowest BCUT2D eigenvalue weighted by Gasteiger charge is -2.06. The van der Waals surface area contributed by atoms with Crippen LogP contribution in [0.1, 0.15) is 49.0 Å². The molecule has 0 spiro atoms. The molecule has 1 amide bonds. The molecule has 0 saturated heterocycles. The standard InChI is InChI=1S/C14H20N6O3S/c1-5-10(6-2)13-16-17-14(24-13)15-11(21)7-19-9(4)12(20(22)23)8(3)18-19/h10H,5-7H2,1-4H3,(H,15,17,21). The minimum Gasteiger partial charge on any atom is -0.299 e. The topological polar surface area (TPSA) is 116 Å². The monoisotopic (exact) mass is 352 g/mol. The van der Waals surface area contributed by atoms with Crippen LogP contribution in [0.25, 0.3) is 0 Å². The van der Waals surface area contributed by atoms with E-state index in [9.17, 15) is 14.9 Å². The molecule has 0 aliphatic carbocycles. The van der Waals surface area contributed by atoms with Crippen LogP contribution in [0.5, 0.6) is 0 Å². The van der Waals surface area contributed by atoms with E-state index in [0.717, 1.165) is 17.8 Å². The smallest absolute Gasteiger partial charge is 0.299 e. The van der Waals surface area contributed by atoms with E-state index in [-0.39, 0.29) is 23.8 Å². The Kier molecular flexibility index (Phi) is 5.60. The molecule has 0 fully saturated rings. The molecule has 0 aromatic carbocycles. The van der Waals surface area contributed by atoms with Gasteiger partial charge in [-0.05, 0) is 26.7 Å². The molecule has 2 heterocycles. The first-order valence-electron chi connectivity index (χ1n) is 7.68. The maximum Gasteiger partial charge on any atom is 0.312 e. The lowest BCUT2D eigenvalue weighted by atomic mass is 10.1. The summed E-state index contributed by atoms with van der Waals surface area (Å²) in [6.45, 7) is 7.18. The fraction of sp³-hybridized carbons (Fsp3) is 0.571. The largest absolute Gasteiger partial charge is 0.312 e. The van der Waals surface area contributed by atoms with Gasteiger partial charge in [0.25, 0.3) is 0 Å². The lowest BCUT2D eigenvalue weighted by molar-refractivity contribution is -0.386. The second kappa shape index (κ2) is 7.47. The van der Waals surface area contributed by atoms with Crippen LogP contribution in [-0.4, -0.2) is 30.8 Å². The van der Waals surface area contributed by atoms with Crippen molar-refractivity contribution in [1.82, 2.24) is 20.0 Å². The van der Waals surface area contributed by atoms with Gasteiger partial charge in [0.2, 0.25) is 11.0 Å². The number of anilines is 1. The highest BCUT2D eigenvalue weighted by Crippen LogP contribution is 2.28. The summed E-state index contributed by atoms with van der Waals surface area (Å²) in [5.74, 6) is -0.00504. The Morgan fingerprint density at radius 2 is 2.00 bits per heavy atom. The summed E-state index contributed by atoms with van der Waals surface area (Å²) in [5, 5.41) is 27.2. The van der Waals surface area contributed by atoms with Crippen molar-refractivity contribution in [3.05, 3.63) is 26.5 Å². The molecule has 130 valence electrons. The number of nitrogens with zero attached hydrogens (tertiary/aromatic N) is 5. The predicted molar refractivity (Wildman–Crippen MR) is 90.2 cm³/mol. The Morgan fingerprint density at radius 1 is 1.33 bits per heavy atom. The van der Waals surface area contributed by atoms with Crippen LogP contribution in [0.4, 0.5) is 10.8 Å². The molecule has 0 atom stereocenters. The quantitative estimate of drug-likeness (QED) is 0.605. The van der Waals surface area contributed by atoms with E-state index in [1.165, 1.54) is 16.0 Å². The third-order valence-electron chi connectivity index (χ3n) is 3.84. The molecule has 10 heteroatoms. The van der Waals surface area contributed by atoms with Crippen molar-refractivity contribution in [2.75, 3.05) is 5.32 Å². The third kappa shape index (κ3) is 3.75. The van der Waals surface area contributed by atoms with Gasteiger partial charge in [0.1, 0.15) is 22.9 Å². The number of nitrogens with one attached hydrogen (secondary N) is 1. The molecule has 0 bridgehead atoms. The van der Waals surface area contributed by atoms with Crippen LogP contribution in [0.2, 0.25) is 0 Å². The normalized spacial score (nSPS) is 11.0. The first kappa shape index (κ1) is 18.0. The van der Waals surface area contributed by atoms with Crippen molar-refractivity contribution in [2.45, 2.75) is 53.0 Å². The molecule has 2 rings (SSSR count). The van der Waals surface area contributed by atoms with Gasteiger partial charge < -0.3 is 0 Å². The number of nitro groups is 1. The fourth-order valence-corrected chi connectivity index (χ4v) is 3.51. The second-order valence-corrected chi connectivity index (χ2v) is 6.45. The number of amides is 1. The zero-order valence-corrected chi connectivity index (χ0v) is 14.9. The van der Waals surface area contributed by atoms with Gasteiger partial charge in [-0.15, -0.1) is 10.2 Å². The zero-order valence-electron chi connectivity index (χ0n) is 14.1. The van der Waals surface area contributed by atoms with Gasteiger partial charge in [-0.3, -0.25) is 24.9 Å². The molecule has 0 unspecified atom stereocenters. The Hall–Kier alpha value is -2.36. The number of rotatable bonds is 7. The fourth-order valence-electron chi connectivity index (χ4n) is 2.49. The van der Waals surface area contributed by atoms with E-state index in [4.69, 9.17) is 0 Å². The number of hydrogen-bond donors (Lipinski definition) is 1. The summed E-state index contributed by atoms with van der Waals surface area (Å²) in [7, 11) is 0. The average Bonchev–Trinajstić information content (AvgIpc) is 3.05. The van der Waals surface area contributed by atoms with Crippen LogP contribution in [0, 0.1) is 24.0 Å². The summed E-state index contributed by atoms with van der Waals surface area (Å²) < 4.78 is 1.33. The summed E-state index contributed by atoms with van der Waals surface area (Å²) in [5.41, 5.74) is 0.578. The maximum atomic E-state index is 12.1. The van der Waals surface area contributed by atoms with Crippen LogP contribution >= 0.6 is 11.3 Å². The molecular formula is C14H20N6O3S. The van der Waals surface area contributed by atoms with E-state index in [1.807, 2.05) is 0 Å². The lowest BCUT2D eigenvalue weighted by Crippen LogP contribution is -2.20. The Balaban J connectivity index is 2.07. The summed E-state index contributed by atoms with van der Waals surface area (Å²) in [4.78, 5) is 22.6. The number of carbonyl (C=O) groups is 1.